The average molecular weight is 305 g/mol. The number of benzene rings is 1. The van der Waals surface area contributed by atoms with Gasteiger partial charge in [0.1, 0.15) is 0 Å². The monoisotopic (exact) mass is 305 g/mol. The maximum atomic E-state index is 5.80. The molecule has 4 heteroatoms. The van der Waals surface area contributed by atoms with Gasteiger partial charge in [0.25, 0.3) is 0 Å². The Bertz CT molecular complexity index is 606. The van der Waals surface area contributed by atoms with Gasteiger partial charge >= 0.3 is 0 Å². The fraction of sp³-hybridized carbons (Fsp3) is 0.529. The lowest BCUT2D eigenvalue weighted by atomic mass is 10.1. The fourth-order valence-corrected chi connectivity index (χ4v) is 3.55. The summed E-state index contributed by atoms with van der Waals surface area (Å²) in [7, 11) is 0. The van der Waals surface area contributed by atoms with Gasteiger partial charge in [0.05, 0.1) is 13.2 Å². The first-order valence-corrected chi connectivity index (χ1v) is 8.62. The molecule has 0 amide bonds. The second-order valence-corrected chi connectivity index (χ2v) is 6.87. The lowest BCUT2D eigenvalue weighted by molar-refractivity contribution is 0.297. The van der Waals surface area contributed by atoms with Gasteiger partial charge in [0.2, 0.25) is 0 Å². The van der Waals surface area contributed by atoms with Gasteiger partial charge in [0, 0.05) is 17.2 Å². The number of nitrogens with one attached hydrogen (secondary N) is 1. The van der Waals surface area contributed by atoms with E-state index in [4.69, 9.17) is 9.47 Å². The van der Waals surface area contributed by atoms with E-state index in [9.17, 15) is 0 Å². The van der Waals surface area contributed by atoms with Crippen molar-refractivity contribution in [2.45, 2.75) is 26.7 Å². The van der Waals surface area contributed by atoms with Crippen LogP contribution in [0.4, 0.5) is 0 Å². The van der Waals surface area contributed by atoms with Gasteiger partial charge in [-0.1, -0.05) is 13.8 Å². The van der Waals surface area contributed by atoms with Gasteiger partial charge in [-0.05, 0) is 47.8 Å². The topological polar surface area (TPSA) is 30.5 Å². The van der Waals surface area contributed by atoms with Crippen LogP contribution in [0.3, 0.4) is 0 Å². The number of fused-ring (bicyclic) bond motifs is 2. The molecule has 0 unspecified atom stereocenters. The van der Waals surface area contributed by atoms with Crippen LogP contribution in [0.15, 0.2) is 17.5 Å². The maximum Gasteiger partial charge on any atom is 0.162 e. The largest absolute Gasteiger partial charge is 0.490 e. The molecule has 2 heterocycles. The van der Waals surface area contributed by atoms with Gasteiger partial charge < -0.3 is 14.8 Å². The maximum absolute atomic E-state index is 5.80. The van der Waals surface area contributed by atoms with Crippen molar-refractivity contribution in [3.8, 4) is 11.5 Å². The summed E-state index contributed by atoms with van der Waals surface area (Å²) in [5.41, 5.74) is 1.40. The van der Waals surface area contributed by atoms with E-state index >= 15 is 0 Å². The summed E-state index contributed by atoms with van der Waals surface area (Å²) in [6.45, 7) is 8.07. The van der Waals surface area contributed by atoms with Crippen LogP contribution in [-0.4, -0.2) is 26.3 Å². The Hall–Kier alpha value is -1.26. The van der Waals surface area contributed by atoms with E-state index in [0.717, 1.165) is 50.6 Å². The first-order valence-electron chi connectivity index (χ1n) is 7.74. The molecule has 0 saturated heterocycles. The van der Waals surface area contributed by atoms with Crippen molar-refractivity contribution >= 4 is 21.4 Å². The Kier molecular flexibility index (Phi) is 4.66. The van der Waals surface area contributed by atoms with E-state index < -0.39 is 0 Å². The van der Waals surface area contributed by atoms with Crippen molar-refractivity contribution in [3.63, 3.8) is 0 Å². The third kappa shape index (κ3) is 3.50. The Balaban J connectivity index is 1.76. The van der Waals surface area contributed by atoms with Crippen molar-refractivity contribution in [1.82, 2.24) is 5.32 Å². The quantitative estimate of drug-likeness (QED) is 0.851. The van der Waals surface area contributed by atoms with E-state index in [0.29, 0.717) is 5.92 Å². The third-order valence-electron chi connectivity index (χ3n) is 3.65. The van der Waals surface area contributed by atoms with E-state index in [1.54, 1.807) is 11.3 Å². The Labute approximate surface area is 130 Å². The second kappa shape index (κ2) is 6.67. The number of rotatable bonds is 5. The molecule has 114 valence electrons. The molecule has 0 fully saturated rings. The molecule has 1 aromatic heterocycles. The van der Waals surface area contributed by atoms with Crippen LogP contribution in [0.25, 0.3) is 10.1 Å². The minimum atomic E-state index is 0.700. The minimum absolute atomic E-state index is 0.700. The highest BCUT2D eigenvalue weighted by Crippen LogP contribution is 2.38. The fourth-order valence-electron chi connectivity index (χ4n) is 2.54. The molecule has 21 heavy (non-hydrogen) atoms. The molecule has 0 spiro atoms. The van der Waals surface area contributed by atoms with Crippen molar-refractivity contribution in [3.05, 3.63) is 23.1 Å². The summed E-state index contributed by atoms with van der Waals surface area (Å²) >= 11 is 1.79. The normalized spacial score (nSPS) is 14.6. The Morgan fingerprint density at radius 1 is 1.19 bits per heavy atom. The summed E-state index contributed by atoms with van der Waals surface area (Å²) in [5.74, 6) is 2.49. The van der Waals surface area contributed by atoms with E-state index in [2.05, 4.69) is 36.7 Å². The van der Waals surface area contributed by atoms with Crippen molar-refractivity contribution in [2.75, 3.05) is 26.3 Å². The molecule has 0 bridgehead atoms. The summed E-state index contributed by atoms with van der Waals surface area (Å²) in [6.07, 6.45) is 2.01. The predicted octanol–water partition coefficient (Wildman–Crippen LogP) is 3.85. The summed E-state index contributed by atoms with van der Waals surface area (Å²) in [5, 5.41) is 7.09. The average Bonchev–Trinajstić information content (AvgIpc) is 2.69. The number of hydrogen-bond donors (Lipinski definition) is 1. The van der Waals surface area contributed by atoms with Gasteiger partial charge in [0.15, 0.2) is 11.5 Å². The van der Waals surface area contributed by atoms with Crippen molar-refractivity contribution in [1.29, 1.82) is 0 Å². The molecule has 1 N–H and O–H groups in total. The van der Waals surface area contributed by atoms with Crippen LogP contribution >= 0.6 is 11.3 Å². The first-order chi connectivity index (χ1) is 10.2. The Morgan fingerprint density at radius 2 is 1.95 bits per heavy atom. The summed E-state index contributed by atoms with van der Waals surface area (Å²) in [4.78, 5) is 0. The zero-order valence-electron chi connectivity index (χ0n) is 12.8. The molecule has 0 aliphatic carbocycles. The van der Waals surface area contributed by atoms with Crippen LogP contribution in [0, 0.1) is 5.92 Å². The smallest absolute Gasteiger partial charge is 0.162 e. The molecule has 1 aliphatic heterocycles. The van der Waals surface area contributed by atoms with Crippen molar-refractivity contribution < 1.29 is 9.47 Å². The van der Waals surface area contributed by atoms with E-state index in [1.807, 2.05) is 0 Å². The molecule has 2 aromatic rings. The molecule has 0 radical (unpaired) electrons. The van der Waals surface area contributed by atoms with Gasteiger partial charge in [-0.25, -0.2) is 0 Å². The third-order valence-corrected chi connectivity index (χ3v) is 4.64. The van der Waals surface area contributed by atoms with E-state index in [-0.39, 0.29) is 0 Å². The van der Waals surface area contributed by atoms with Gasteiger partial charge in [-0.2, -0.15) is 0 Å². The molecule has 1 aliphatic rings. The van der Waals surface area contributed by atoms with Crippen LogP contribution in [0.5, 0.6) is 11.5 Å². The Morgan fingerprint density at radius 3 is 2.71 bits per heavy atom. The van der Waals surface area contributed by atoms with Crippen LogP contribution in [-0.2, 0) is 6.42 Å². The zero-order chi connectivity index (χ0) is 14.7. The highest BCUT2D eigenvalue weighted by Gasteiger charge is 2.14. The summed E-state index contributed by atoms with van der Waals surface area (Å²) in [6, 6.07) is 4.29. The lowest BCUT2D eigenvalue weighted by Crippen LogP contribution is -2.21. The van der Waals surface area contributed by atoms with Crippen LogP contribution in [0.2, 0.25) is 0 Å². The molecular weight excluding hydrogens is 282 g/mol. The minimum Gasteiger partial charge on any atom is -0.490 e. The highest BCUT2D eigenvalue weighted by molar-refractivity contribution is 7.17. The molecular formula is C17H23NO2S. The van der Waals surface area contributed by atoms with Gasteiger partial charge in [-0.15, -0.1) is 11.3 Å². The second-order valence-electron chi connectivity index (χ2n) is 5.95. The lowest BCUT2D eigenvalue weighted by Gasteiger charge is -2.09. The molecule has 1 aromatic carbocycles. The van der Waals surface area contributed by atoms with Crippen LogP contribution < -0.4 is 14.8 Å². The van der Waals surface area contributed by atoms with E-state index in [1.165, 1.54) is 15.6 Å². The highest BCUT2D eigenvalue weighted by atomic mass is 32.1. The molecule has 0 atom stereocenters. The van der Waals surface area contributed by atoms with Crippen molar-refractivity contribution in [2.24, 2.45) is 5.92 Å². The first kappa shape index (κ1) is 14.7. The zero-order valence-corrected chi connectivity index (χ0v) is 13.6. The SMILES string of the molecule is CC(C)CNCCc1csc2cc3c(cc12)OCCCO3. The predicted molar refractivity (Wildman–Crippen MR) is 88.8 cm³/mol. The number of ether oxygens (including phenoxy) is 2. The summed E-state index contributed by atoms with van der Waals surface area (Å²) < 4.78 is 12.9. The number of hydrogen-bond acceptors (Lipinski definition) is 4. The van der Waals surface area contributed by atoms with Gasteiger partial charge in [-0.3, -0.25) is 0 Å². The van der Waals surface area contributed by atoms with Crippen LogP contribution in [0.1, 0.15) is 25.8 Å². The molecule has 0 saturated carbocycles. The standard InChI is InChI=1S/C17H23NO2S/c1-12(2)10-18-5-4-13-11-21-17-9-16-15(8-14(13)17)19-6-3-7-20-16/h8-9,11-12,18H,3-7,10H2,1-2H3. The molecule has 3 rings (SSSR count). The molecule has 3 nitrogen and oxygen atoms in total. The number of thiophene rings is 1.